The smallest absolute Gasteiger partial charge is 0.316 e. The van der Waals surface area contributed by atoms with Gasteiger partial charge in [-0.05, 0) is 62.3 Å². The number of aromatic nitrogens is 1. The summed E-state index contributed by atoms with van der Waals surface area (Å²) in [5.41, 5.74) is 6.68. The van der Waals surface area contributed by atoms with Crippen LogP contribution in [0, 0.1) is 12.8 Å². The van der Waals surface area contributed by atoms with Crippen molar-refractivity contribution in [3.63, 3.8) is 0 Å². The van der Waals surface area contributed by atoms with E-state index in [4.69, 9.17) is 9.26 Å². The molecule has 2 aliphatic carbocycles. The summed E-state index contributed by atoms with van der Waals surface area (Å²) in [5, 5.41) is 4.28. The van der Waals surface area contributed by atoms with Gasteiger partial charge in [-0.25, -0.2) is 0 Å². The first-order valence-corrected chi connectivity index (χ1v) is 14.5. The zero-order valence-corrected chi connectivity index (χ0v) is 24.1. The Morgan fingerprint density at radius 1 is 0.976 bits per heavy atom. The van der Waals surface area contributed by atoms with Gasteiger partial charge in [0, 0.05) is 30.0 Å². The minimum atomic E-state index is -0.463. The summed E-state index contributed by atoms with van der Waals surface area (Å²) in [7, 11) is 1.89. The molecule has 6 rings (SSSR count). The maximum Gasteiger partial charge on any atom is 0.316 e. The molecule has 4 aromatic rings. The molecule has 0 aliphatic heterocycles. The van der Waals surface area contributed by atoms with Crippen LogP contribution in [-0.4, -0.2) is 35.6 Å². The highest BCUT2D eigenvalue weighted by Crippen LogP contribution is 2.53. The SMILES string of the molecule is CCOC(=O)C1(c2ccc(-c3ccc(-c4onc(C)c4C4CC4C(=O)N(C)[C@H](C)c4ccccc4)cc3)cc2)CC1. The van der Waals surface area contributed by atoms with Gasteiger partial charge < -0.3 is 14.2 Å². The molecule has 6 nitrogen and oxygen atoms in total. The number of carbonyl (C=O) groups is 2. The molecule has 2 saturated carbocycles. The highest BCUT2D eigenvalue weighted by molar-refractivity contribution is 5.87. The molecule has 1 heterocycles. The van der Waals surface area contributed by atoms with E-state index in [2.05, 4.69) is 60.6 Å². The number of amides is 1. The van der Waals surface area contributed by atoms with Gasteiger partial charge in [0.05, 0.1) is 23.8 Å². The van der Waals surface area contributed by atoms with Crippen LogP contribution in [0.15, 0.2) is 83.4 Å². The van der Waals surface area contributed by atoms with E-state index in [9.17, 15) is 9.59 Å². The molecule has 3 atom stereocenters. The standard InChI is InChI=1S/C35H36N2O4/c1-5-40-34(39)35(19-20-35)28-17-15-26(16-18-28)25-11-13-27(14-12-25)32-31(22(2)36-41-32)29-21-30(29)33(38)37(4)23(3)24-9-7-6-8-10-24/h6-18,23,29-30H,5,19-21H2,1-4H3/t23-,29?,30?/m1/s1. The van der Waals surface area contributed by atoms with Crippen molar-refractivity contribution in [2.45, 2.75) is 57.4 Å². The van der Waals surface area contributed by atoms with Crippen molar-refractivity contribution >= 4 is 11.9 Å². The number of hydrogen-bond acceptors (Lipinski definition) is 5. The lowest BCUT2D eigenvalue weighted by Crippen LogP contribution is -2.31. The molecule has 210 valence electrons. The van der Waals surface area contributed by atoms with Crippen LogP contribution in [-0.2, 0) is 19.7 Å². The predicted molar refractivity (Wildman–Crippen MR) is 158 cm³/mol. The largest absolute Gasteiger partial charge is 0.465 e. The van der Waals surface area contributed by atoms with Crippen molar-refractivity contribution in [2.75, 3.05) is 13.7 Å². The van der Waals surface area contributed by atoms with Gasteiger partial charge in [0.25, 0.3) is 0 Å². The van der Waals surface area contributed by atoms with Crippen LogP contribution in [0.2, 0.25) is 0 Å². The number of ether oxygens (including phenoxy) is 1. The molecule has 6 heteroatoms. The van der Waals surface area contributed by atoms with Gasteiger partial charge in [-0.3, -0.25) is 9.59 Å². The summed E-state index contributed by atoms with van der Waals surface area (Å²) >= 11 is 0. The fourth-order valence-electron chi connectivity index (χ4n) is 6.02. The topological polar surface area (TPSA) is 72.6 Å². The molecule has 3 aromatic carbocycles. The Morgan fingerprint density at radius 2 is 1.59 bits per heavy atom. The van der Waals surface area contributed by atoms with Gasteiger partial charge in [0.1, 0.15) is 0 Å². The van der Waals surface area contributed by atoms with E-state index in [1.165, 1.54) is 0 Å². The van der Waals surface area contributed by atoms with Crippen molar-refractivity contribution in [2.24, 2.45) is 5.92 Å². The Hall–Kier alpha value is -4.19. The summed E-state index contributed by atoms with van der Waals surface area (Å²) in [5.74, 6) is 0.828. The Kier molecular flexibility index (Phi) is 7.02. The van der Waals surface area contributed by atoms with Crippen molar-refractivity contribution in [3.05, 3.63) is 101 Å². The lowest BCUT2D eigenvalue weighted by molar-refractivity contribution is -0.146. The lowest BCUT2D eigenvalue weighted by Gasteiger charge is -2.25. The molecule has 1 aromatic heterocycles. The fourth-order valence-corrected chi connectivity index (χ4v) is 6.02. The third-order valence-electron chi connectivity index (χ3n) is 8.93. The molecule has 2 unspecified atom stereocenters. The highest BCUT2D eigenvalue weighted by atomic mass is 16.5. The van der Waals surface area contributed by atoms with Crippen molar-refractivity contribution in [3.8, 4) is 22.5 Å². The van der Waals surface area contributed by atoms with Gasteiger partial charge in [-0.2, -0.15) is 0 Å². The fraction of sp³-hybridized carbons (Fsp3) is 0.343. The zero-order chi connectivity index (χ0) is 28.7. The maximum absolute atomic E-state index is 13.4. The molecule has 0 radical (unpaired) electrons. The van der Waals surface area contributed by atoms with E-state index in [1.54, 1.807) is 0 Å². The first kappa shape index (κ1) is 27.0. The minimum absolute atomic E-state index is 0.00886. The number of hydrogen-bond donors (Lipinski definition) is 0. The average Bonchev–Trinajstić information content (AvgIpc) is 3.94. The number of nitrogens with zero attached hydrogens (tertiary/aromatic N) is 2. The van der Waals surface area contributed by atoms with E-state index in [1.807, 2.05) is 56.1 Å². The second-order valence-electron chi connectivity index (χ2n) is 11.5. The second-order valence-corrected chi connectivity index (χ2v) is 11.5. The number of aryl methyl sites for hydroxylation is 1. The number of rotatable bonds is 9. The highest BCUT2D eigenvalue weighted by Gasteiger charge is 2.52. The Morgan fingerprint density at radius 3 is 2.20 bits per heavy atom. The summed E-state index contributed by atoms with van der Waals surface area (Å²) < 4.78 is 11.1. The van der Waals surface area contributed by atoms with E-state index in [0.717, 1.165) is 64.1 Å². The van der Waals surface area contributed by atoms with Crippen LogP contribution in [0.1, 0.15) is 67.5 Å². The predicted octanol–water partition coefficient (Wildman–Crippen LogP) is 7.23. The average molecular weight is 549 g/mol. The minimum Gasteiger partial charge on any atom is -0.465 e. The van der Waals surface area contributed by atoms with E-state index in [-0.39, 0.29) is 29.8 Å². The van der Waals surface area contributed by atoms with Crippen LogP contribution < -0.4 is 0 Å². The van der Waals surface area contributed by atoms with Crippen LogP contribution in [0.5, 0.6) is 0 Å². The molecule has 0 saturated heterocycles. The van der Waals surface area contributed by atoms with Crippen LogP contribution in [0.4, 0.5) is 0 Å². The third-order valence-corrected chi connectivity index (χ3v) is 8.93. The zero-order valence-electron chi connectivity index (χ0n) is 24.1. The molecular weight excluding hydrogens is 512 g/mol. The molecule has 1 amide bonds. The molecule has 0 spiro atoms. The molecule has 41 heavy (non-hydrogen) atoms. The van der Waals surface area contributed by atoms with Crippen LogP contribution in [0.25, 0.3) is 22.5 Å². The number of benzene rings is 3. The van der Waals surface area contributed by atoms with Gasteiger partial charge in [0.2, 0.25) is 5.91 Å². The van der Waals surface area contributed by atoms with Crippen molar-refractivity contribution < 1.29 is 18.8 Å². The first-order chi connectivity index (χ1) is 19.8. The van der Waals surface area contributed by atoms with Crippen LogP contribution >= 0.6 is 0 Å². The lowest BCUT2D eigenvalue weighted by atomic mass is 9.93. The third kappa shape index (κ3) is 4.96. The quantitative estimate of drug-likeness (QED) is 0.206. The van der Waals surface area contributed by atoms with Gasteiger partial charge >= 0.3 is 5.97 Å². The van der Waals surface area contributed by atoms with Crippen molar-refractivity contribution in [1.29, 1.82) is 0 Å². The molecule has 2 fully saturated rings. The Balaban J connectivity index is 1.16. The molecule has 2 aliphatic rings. The van der Waals surface area contributed by atoms with E-state index >= 15 is 0 Å². The maximum atomic E-state index is 13.4. The summed E-state index contributed by atoms with van der Waals surface area (Å²) in [6.45, 7) is 6.27. The first-order valence-electron chi connectivity index (χ1n) is 14.5. The molecular formula is C35H36N2O4. The monoisotopic (exact) mass is 548 g/mol. The Bertz CT molecular complexity index is 1550. The normalized spacial score (nSPS) is 19.3. The number of esters is 1. The molecule has 0 bridgehead atoms. The molecule has 0 N–H and O–H groups in total. The summed E-state index contributed by atoms with van der Waals surface area (Å²) in [6.07, 6.45) is 2.49. The van der Waals surface area contributed by atoms with E-state index in [0.29, 0.717) is 6.61 Å². The van der Waals surface area contributed by atoms with E-state index < -0.39 is 5.41 Å². The Labute approximate surface area is 241 Å². The second kappa shape index (κ2) is 10.7. The van der Waals surface area contributed by atoms with Gasteiger partial charge in [0.15, 0.2) is 5.76 Å². The number of carbonyl (C=O) groups excluding carboxylic acids is 2. The summed E-state index contributed by atoms with van der Waals surface area (Å²) in [4.78, 5) is 27.7. The van der Waals surface area contributed by atoms with Crippen LogP contribution in [0.3, 0.4) is 0 Å². The van der Waals surface area contributed by atoms with Gasteiger partial charge in [-0.1, -0.05) is 84.0 Å². The van der Waals surface area contributed by atoms with Gasteiger partial charge in [-0.15, -0.1) is 0 Å². The summed E-state index contributed by atoms with van der Waals surface area (Å²) in [6, 6.07) is 26.6. The van der Waals surface area contributed by atoms with Crippen molar-refractivity contribution in [1.82, 2.24) is 10.1 Å².